The predicted octanol–water partition coefficient (Wildman–Crippen LogP) is 3.40. The molecular formula is C11H20O2Ti. The van der Waals surface area contributed by atoms with Gasteiger partial charge in [0, 0.05) is 0 Å². The van der Waals surface area contributed by atoms with Crippen LogP contribution in [0.4, 0.5) is 0 Å². The summed E-state index contributed by atoms with van der Waals surface area (Å²) in [7, 11) is 0. The minimum atomic E-state index is -0.412. The molecule has 0 aliphatic rings. The summed E-state index contributed by atoms with van der Waals surface area (Å²) in [5.41, 5.74) is 0. The van der Waals surface area contributed by atoms with E-state index >= 15 is 0 Å². The molecule has 1 N–H and O–H groups in total. The van der Waals surface area contributed by atoms with E-state index in [9.17, 15) is 5.11 Å². The second-order valence-electron chi connectivity index (χ2n) is 2.67. The fourth-order valence-electron chi connectivity index (χ4n) is 1.02. The van der Waals surface area contributed by atoms with Crippen molar-refractivity contribution in [2.45, 2.75) is 32.3 Å². The van der Waals surface area contributed by atoms with Crippen molar-refractivity contribution in [3.05, 3.63) is 39.0 Å². The van der Waals surface area contributed by atoms with Crippen LogP contribution in [-0.4, -0.2) is 5.11 Å². The standard InChI is InChI=1S/C9H14O2.2CH3.Ti/c1-2-3-5-8(10)9-6-4-7-11-9;;;/h4,6-8,10H,2-3,5H2,1H3;2*1H3;/q;2*-1;+2. The Bertz CT molecular complexity index is 185. The van der Waals surface area contributed by atoms with Crippen LogP contribution in [0.25, 0.3) is 0 Å². The molecule has 1 unspecified atom stereocenters. The van der Waals surface area contributed by atoms with Gasteiger partial charge in [0.05, 0.1) is 6.26 Å². The van der Waals surface area contributed by atoms with Gasteiger partial charge in [-0.3, -0.25) is 0 Å². The van der Waals surface area contributed by atoms with Crippen LogP contribution in [-0.2, 0) is 21.7 Å². The Labute approximate surface area is 103 Å². The van der Waals surface area contributed by atoms with Gasteiger partial charge < -0.3 is 24.4 Å². The van der Waals surface area contributed by atoms with E-state index in [1.54, 1.807) is 18.4 Å². The van der Waals surface area contributed by atoms with Gasteiger partial charge >= 0.3 is 21.7 Å². The molecule has 1 rings (SSSR count). The molecule has 1 aromatic heterocycles. The van der Waals surface area contributed by atoms with Gasteiger partial charge in [-0.25, -0.2) is 0 Å². The molecule has 0 radical (unpaired) electrons. The zero-order valence-corrected chi connectivity index (χ0v) is 10.8. The monoisotopic (exact) mass is 232 g/mol. The molecule has 3 heteroatoms. The third kappa shape index (κ3) is 6.41. The Kier molecular flexibility index (Phi) is 15.4. The number of rotatable bonds is 4. The van der Waals surface area contributed by atoms with Gasteiger partial charge in [-0.15, -0.1) is 0 Å². The summed E-state index contributed by atoms with van der Waals surface area (Å²) >= 11 is 0. The number of furan rings is 1. The van der Waals surface area contributed by atoms with Crippen LogP contribution < -0.4 is 0 Å². The van der Waals surface area contributed by atoms with Crippen LogP contribution in [0.3, 0.4) is 0 Å². The molecule has 0 saturated carbocycles. The summed E-state index contributed by atoms with van der Waals surface area (Å²) in [5, 5.41) is 9.45. The van der Waals surface area contributed by atoms with E-state index in [-0.39, 0.29) is 36.6 Å². The zero-order chi connectivity index (χ0) is 8.10. The molecule has 0 aliphatic carbocycles. The quantitative estimate of drug-likeness (QED) is 0.637. The van der Waals surface area contributed by atoms with Crippen LogP contribution >= 0.6 is 0 Å². The Balaban J connectivity index is -0.000000403. The van der Waals surface area contributed by atoms with Crippen molar-refractivity contribution < 1.29 is 31.2 Å². The summed E-state index contributed by atoms with van der Waals surface area (Å²) in [6, 6.07) is 3.60. The van der Waals surface area contributed by atoms with Crippen molar-refractivity contribution in [2.24, 2.45) is 0 Å². The molecule has 0 aliphatic heterocycles. The zero-order valence-electron chi connectivity index (χ0n) is 9.29. The van der Waals surface area contributed by atoms with Gasteiger partial charge in [-0.05, 0) is 18.6 Å². The summed E-state index contributed by atoms with van der Waals surface area (Å²) < 4.78 is 5.04. The fraction of sp³-hybridized carbons (Fsp3) is 0.455. The number of unbranched alkanes of at least 4 members (excludes halogenated alkanes) is 1. The van der Waals surface area contributed by atoms with Crippen molar-refractivity contribution in [3.8, 4) is 0 Å². The maximum Gasteiger partial charge on any atom is 2.00 e. The van der Waals surface area contributed by atoms with Gasteiger partial charge in [-0.1, -0.05) is 19.8 Å². The smallest absolute Gasteiger partial charge is 0.467 e. The predicted molar refractivity (Wildman–Crippen MR) is 56.0 cm³/mol. The summed E-state index contributed by atoms with van der Waals surface area (Å²) in [6.07, 6.45) is 4.12. The first-order chi connectivity index (χ1) is 5.34. The van der Waals surface area contributed by atoms with Crippen molar-refractivity contribution in [1.82, 2.24) is 0 Å². The molecule has 0 fully saturated rings. The number of aliphatic hydroxyl groups excluding tert-OH is 1. The van der Waals surface area contributed by atoms with Crippen molar-refractivity contribution in [3.63, 3.8) is 0 Å². The first-order valence-corrected chi connectivity index (χ1v) is 4.06. The molecule has 0 saturated heterocycles. The van der Waals surface area contributed by atoms with Gasteiger partial charge in [0.25, 0.3) is 0 Å². The topological polar surface area (TPSA) is 33.4 Å². The third-order valence-electron chi connectivity index (χ3n) is 1.70. The molecule has 2 nitrogen and oxygen atoms in total. The van der Waals surface area contributed by atoms with E-state index in [2.05, 4.69) is 6.92 Å². The van der Waals surface area contributed by atoms with Gasteiger partial charge in [0.2, 0.25) is 0 Å². The van der Waals surface area contributed by atoms with Crippen LogP contribution in [0.2, 0.25) is 0 Å². The summed E-state index contributed by atoms with van der Waals surface area (Å²) in [5.74, 6) is 0.679. The average molecular weight is 232 g/mol. The van der Waals surface area contributed by atoms with Crippen LogP contribution in [0.1, 0.15) is 38.1 Å². The third-order valence-corrected chi connectivity index (χ3v) is 1.70. The first kappa shape index (κ1) is 19.5. The SMILES string of the molecule is CCCCC(O)c1ccco1.[CH3-].[CH3-].[Ti+2]. The van der Waals surface area contributed by atoms with E-state index < -0.39 is 6.10 Å². The number of hydrogen-bond donors (Lipinski definition) is 1. The second kappa shape index (κ2) is 11.0. The Morgan fingerprint density at radius 3 is 2.50 bits per heavy atom. The van der Waals surface area contributed by atoms with Crippen LogP contribution in [0, 0.1) is 14.9 Å². The normalized spacial score (nSPS) is 10.4. The Morgan fingerprint density at radius 1 is 1.43 bits per heavy atom. The van der Waals surface area contributed by atoms with Gasteiger partial charge in [0.1, 0.15) is 11.9 Å². The van der Waals surface area contributed by atoms with Crippen LogP contribution in [0.5, 0.6) is 0 Å². The molecule has 80 valence electrons. The van der Waals surface area contributed by atoms with Gasteiger partial charge in [0.15, 0.2) is 0 Å². The molecule has 1 atom stereocenters. The molecule has 0 aromatic carbocycles. The molecular weight excluding hydrogens is 212 g/mol. The minimum Gasteiger partial charge on any atom is -0.467 e. The number of aliphatic hydroxyl groups is 1. The Hall–Kier alpha value is -0.0457. The first-order valence-electron chi connectivity index (χ1n) is 4.06. The Morgan fingerprint density at radius 2 is 2.07 bits per heavy atom. The van der Waals surface area contributed by atoms with E-state index in [4.69, 9.17) is 4.42 Å². The maximum atomic E-state index is 9.45. The van der Waals surface area contributed by atoms with Crippen molar-refractivity contribution in [2.75, 3.05) is 0 Å². The molecule has 14 heavy (non-hydrogen) atoms. The largest absolute Gasteiger partial charge is 2.00 e. The molecule has 1 heterocycles. The van der Waals surface area contributed by atoms with Crippen molar-refractivity contribution in [1.29, 1.82) is 0 Å². The van der Waals surface area contributed by atoms with E-state index in [0.29, 0.717) is 5.76 Å². The number of hydrogen-bond acceptors (Lipinski definition) is 2. The van der Waals surface area contributed by atoms with Crippen molar-refractivity contribution >= 4 is 0 Å². The molecule has 0 spiro atoms. The minimum absolute atomic E-state index is 0. The molecule has 1 aromatic rings. The van der Waals surface area contributed by atoms with E-state index in [1.807, 2.05) is 0 Å². The molecule has 0 bridgehead atoms. The fourth-order valence-corrected chi connectivity index (χ4v) is 1.02. The summed E-state index contributed by atoms with van der Waals surface area (Å²) in [6.45, 7) is 2.11. The second-order valence-corrected chi connectivity index (χ2v) is 2.67. The van der Waals surface area contributed by atoms with Gasteiger partial charge in [-0.2, -0.15) is 0 Å². The summed E-state index contributed by atoms with van der Waals surface area (Å²) in [4.78, 5) is 0. The van der Waals surface area contributed by atoms with E-state index in [1.165, 1.54) is 0 Å². The average Bonchev–Trinajstić information content (AvgIpc) is 2.52. The van der Waals surface area contributed by atoms with Crippen LogP contribution in [0.15, 0.2) is 22.8 Å². The molecule has 0 amide bonds. The maximum absolute atomic E-state index is 9.45. The van der Waals surface area contributed by atoms with E-state index in [0.717, 1.165) is 19.3 Å².